The van der Waals surface area contributed by atoms with Crippen LogP contribution in [0, 0.1) is 13.8 Å². The Hall–Kier alpha value is -1.73. The van der Waals surface area contributed by atoms with Crippen molar-refractivity contribution in [1.82, 2.24) is 9.97 Å². The molecule has 243 valence electrons. The van der Waals surface area contributed by atoms with E-state index in [1.807, 2.05) is 33.8 Å². The van der Waals surface area contributed by atoms with E-state index in [4.69, 9.17) is 4.98 Å². The SMILES string of the molecule is C=CC1=C(C)/C(=C/c2[n-]c(/C(CC(=O)[O-])=C3N=C(/C=c4\[n-]/c(=C\C)c(C)c4CC)C(C)=C\3C(=O)[O-])c(CCC(=O)[O-])c2C)N=C1.[Cu+2].[Na+].[Na+].[Na+]. The Morgan fingerprint density at radius 1 is 0.898 bits per heavy atom. The fourth-order valence-corrected chi connectivity index (χ4v) is 5.69. The summed E-state index contributed by atoms with van der Waals surface area (Å²) >= 11 is 0. The van der Waals surface area contributed by atoms with Crippen LogP contribution < -0.4 is 125 Å². The van der Waals surface area contributed by atoms with Crippen LogP contribution in [0.1, 0.15) is 74.2 Å². The number of carbonyl (C=O) groups excluding carboxylic acids is 3. The van der Waals surface area contributed by atoms with Gasteiger partial charge in [-0.1, -0.05) is 54.0 Å². The van der Waals surface area contributed by atoms with Crippen LogP contribution >= 0.6 is 0 Å². The van der Waals surface area contributed by atoms with Crippen molar-refractivity contribution in [2.45, 2.75) is 67.2 Å². The van der Waals surface area contributed by atoms with E-state index >= 15 is 0 Å². The molecular formula is C35H33CuN4Na3O6. The molecule has 0 atom stereocenters. The molecule has 10 nitrogen and oxygen atoms in total. The molecule has 0 saturated heterocycles. The van der Waals surface area contributed by atoms with E-state index in [1.54, 1.807) is 38.3 Å². The quantitative estimate of drug-likeness (QED) is 0.205. The maximum Gasteiger partial charge on any atom is 2.00 e. The molecule has 0 amide bonds. The maximum atomic E-state index is 12.5. The molecule has 2 aromatic rings. The Bertz CT molecular complexity index is 1980. The van der Waals surface area contributed by atoms with E-state index in [0.717, 1.165) is 27.6 Å². The van der Waals surface area contributed by atoms with Gasteiger partial charge in [-0.15, -0.1) is 28.2 Å². The zero-order valence-electron chi connectivity index (χ0n) is 29.5. The van der Waals surface area contributed by atoms with E-state index in [0.29, 0.717) is 34.3 Å². The molecule has 2 aliphatic heterocycles. The molecule has 2 aliphatic rings. The summed E-state index contributed by atoms with van der Waals surface area (Å²) in [6, 6.07) is 0. The van der Waals surface area contributed by atoms with Crippen molar-refractivity contribution in [3.63, 3.8) is 0 Å². The van der Waals surface area contributed by atoms with Crippen molar-refractivity contribution in [1.29, 1.82) is 0 Å². The van der Waals surface area contributed by atoms with Crippen molar-refractivity contribution >= 4 is 53.6 Å². The molecule has 0 unspecified atom stereocenters. The standard InChI is InChI=1S/C35H38N4O6.Cu.3Na/c1-8-21-16-36-26(17(21)4)14-27-19(6)23(11-12-30(40)41)33(38-27)24(13-31(42)43)34-32(35(44)45)20(7)28(39-34)15-29-22(9-2)18(5)25(10-3)37-29;;;;/h8,10,14-16H,1,9,11-13H2,2-7H3,(H5,36,37,38,39,40,41,42,43,44,45);;;;/q;+2;3*+1/p-5/b25-10-;;;;. The molecule has 1 radical (unpaired) electrons. The third-order valence-corrected chi connectivity index (χ3v) is 8.20. The number of aliphatic carboxylic acids is 3. The Kier molecular flexibility index (Phi) is 19.6. The summed E-state index contributed by atoms with van der Waals surface area (Å²) in [5.41, 5.74) is 5.92. The maximum absolute atomic E-state index is 12.5. The normalized spacial score (nSPS) is 16.2. The smallest absolute Gasteiger partial charge is 0.658 e. The molecule has 14 heteroatoms. The predicted octanol–water partition coefficient (Wildman–Crippen LogP) is -8.95. The Morgan fingerprint density at radius 2 is 1.55 bits per heavy atom. The minimum Gasteiger partial charge on any atom is -0.658 e. The Morgan fingerprint density at radius 3 is 2.06 bits per heavy atom. The first-order valence-corrected chi connectivity index (χ1v) is 14.5. The number of carboxylic acids is 3. The van der Waals surface area contributed by atoms with Gasteiger partial charge in [0.05, 0.1) is 23.1 Å². The van der Waals surface area contributed by atoms with Crippen LogP contribution in [0.3, 0.4) is 0 Å². The van der Waals surface area contributed by atoms with Gasteiger partial charge in [0.2, 0.25) is 0 Å². The van der Waals surface area contributed by atoms with Gasteiger partial charge in [0.25, 0.3) is 0 Å². The molecule has 49 heavy (non-hydrogen) atoms. The molecule has 0 fully saturated rings. The first kappa shape index (κ1) is 47.3. The first-order chi connectivity index (χ1) is 21.3. The summed E-state index contributed by atoms with van der Waals surface area (Å²) in [4.78, 5) is 54.6. The number of aromatic nitrogens is 2. The molecule has 2 aromatic heterocycles. The fraction of sp³-hybridized carbons (Fsp3) is 0.286. The molecule has 0 aliphatic carbocycles. The van der Waals surface area contributed by atoms with Crippen molar-refractivity contribution in [3.05, 3.63) is 90.7 Å². The molecular weight excluding hydrogens is 705 g/mol. The molecule has 4 rings (SSSR count). The summed E-state index contributed by atoms with van der Waals surface area (Å²) < 4.78 is 0. The van der Waals surface area contributed by atoms with Crippen LogP contribution in [-0.4, -0.2) is 29.8 Å². The second-order valence-electron chi connectivity index (χ2n) is 10.8. The Balaban J connectivity index is 0.00000576. The van der Waals surface area contributed by atoms with Crippen LogP contribution in [-0.2, 0) is 44.3 Å². The number of carbonyl (C=O) groups is 3. The molecule has 0 aromatic carbocycles. The number of hydrogen-bond acceptors (Lipinski definition) is 8. The first-order valence-electron chi connectivity index (χ1n) is 14.5. The zero-order valence-corrected chi connectivity index (χ0v) is 36.4. The van der Waals surface area contributed by atoms with E-state index in [2.05, 4.69) is 21.5 Å². The third-order valence-electron chi connectivity index (χ3n) is 8.20. The van der Waals surface area contributed by atoms with E-state index in [9.17, 15) is 29.7 Å². The number of aliphatic imine (C=N–C) groups is 2. The van der Waals surface area contributed by atoms with Gasteiger partial charge in [-0.3, -0.25) is 4.99 Å². The number of hydrogen-bond donors (Lipinski definition) is 0. The molecule has 4 heterocycles. The van der Waals surface area contributed by atoms with Crippen LogP contribution in [0.5, 0.6) is 0 Å². The average Bonchev–Trinajstić information content (AvgIpc) is 3.69. The van der Waals surface area contributed by atoms with Gasteiger partial charge in [0.1, 0.15) is 0 Å². The topological polar surface area (TPSA) is 173 Å². The minimum absolute atomic E-state index is 0. The van der Waals surface area contributed by atoms with Crippen molar-refractivity contribution < 1.29 is 135 Å². The summed E-state index contributed by atoms with van der Waals surface area (Å²) in [7, 11) is 0. The monoisotopic (exact) mass is 737 g/mol. The van der Waals surface area contributed by atoms with Crippen LogP contribution in [0.25, 0.3) is 23.8 Å². The average molecular weight is 738 g/mol. The molecule has 0 spiro atoms. The van der Waals surface area contributed by atoms with Crippen molar-refractivity contribution in [2.75, 3.05) is 0 Å². The van der Waals surface area contributed by atoms with E-state index in [-0.39, 0.29) is 152 Å². The van der Waals surface area contributed by atoms with Crippen LogP contribution in [0.4, 0.5) is 0 Å². The number of allylic oxidation sites excluding steroid dienone is 4. The second kappa shape index (κ2) is 20.3. The van der Waals surface area contributed by atoms with Gasteiger partial charge >= 0.3 is 106 Å². The largest absolute Gasteiger partial charge is 2.00 e. The predicted molar refractivity (Wildman–Crippen MR) is 167 cm³/mol. The van der Waals surface area contributed by atoms with Gasteiger partial charge in [-0.2, -0.15) is 0 Å². The minimum atomic E-state index is -1.55. The zero-order chi connectivity index (χ0) is 33.2. The van der Waals surface area contributed by atoms with Gasteiger partial charge in [0.15, 0.2) is 0 Å². The van der Waals surface area contributed by atoms with Crippen LogP contribution in [0.2, 0.25) is 0 Å². The van der Waals surface area contributed by atoms with Crippen molar-refractivity contribution in [2.24, 2.45) is 9.98 Å². The summed E-state index contributed by atoms with van der Waals surface area (Å²) in [5, 5.41) is 37.6. The summed E-state index contributed by atoms with van der Waals surface area (Å²) in [5.74, 6) is -4.35. The van der Waals surface area contributed by atoms with Gasteiger partial charge < -0.3 is 39.7 Å². The third kappa shape index (κ3) is 10.2. The van der Waals surface area contributed by atoms with Gasteiger partial charge in [-0.25, -0.2) is 4.99 Å². The number of rotatable bonds is 11. The molecule has 0 saturated carbocycles. The van der Waals surface area contributed by atoms with E-state index < -0.39 is 24.3 Å². The molecule has 0 bridgehead atoms. The fourth-order valence-electron chi connectivity index (χ4n) is 5.69. The second-order valence-corrected chi connectivity index (χ2v) is 10.8. The van der Waals surface area contributed by atoms with Gasteiger partial charge in [-0.05, 0) is 76.2 Å². The summed E-state index contributed by atoms with van der Waals surface area (Å²) in [6.07, 6.45) is 8.14. The number of carboxylic acid groups (broad SMARTS) is 3. The molecule has 0 N–H and O–H groups in total. The summed E-state index contributed by atoms with van der Waals surface area (Å²) in [6.45, 7) is 14.8. The van der Waals surface area contributed by atoms with Crippen molar-refractivity contribution in [3.8, 4) is 0 Å². The van der Waals surface area contributed by atoms with E-state index in [1.165, 1.54) is 0 Å². The van der Waals surface area contributed by atoms with Gasteiger partial charge in [0, 0.05) is 30.1 Å². The van der Waals surface area contributed by atoms with Crippen LogP contribution in [0.15, 0.2) is 56.3 Å². The Labute approximate surface area is 362 Å². The number of nitrogens with zero attached hydrogens (tertiary/aromatic N) is 4.